The fraction of sp³-hybridized carbons (Fsp3) is 0. The lowest BCUT2D eigenvalue weighted by Crippen LogP contribution is -2.11. The zero-order valence-corrected chi connectivity index (χ0v) is 22.9. The topological polar surface area (TPSA) is 16.4 Å². The molecule has 0 bridgehead atoms. The summed E-state index contributed by atoms with van der Waals surface area (Å²) in [5, 5.41) is 9.77. The van der Waals surface area contributed by atoms with Crippen LogP contribution in [0.15, 0.2) is 144 Å². The Morgan fingerprint density at radius 1 is 0.439 bits per heavy atom. The van der Waals surface area contributed by atoms with Gasteiger partial charge in [0.2, 0.25) is 0 Å². The Balaban J connectivity index is 1.42. The van der Waals surface area contributed by atoms with Gasteiger partial charge in [0.1, 0.15) is 11.2 Å². The molecule has 0 atom stereocenters. The van der Waals surface area contributed by atoms with Crippen LogP contribution in [0.1, 0.15) is 0 Å². The molecule has 9 aromatic rings. The largest absolute Gasteiger partial charge is 0.456 e. The van der Waals surface area contributed by atoms with Crippen LogP contribution in [0, 0.1) is 0 Å². The van der Waals surface area contributed by atoms with Gasteiger partial charge in [0.05, 0.1) is 11.4 Å². The lowest BCUT2D eigenvalue weighted by atomic mass is 9.98. The van der Waals surface area contributed by atoms with E-state index in [1.165, 1.54) is 41.7 Å². The van der Waals surface area contributed by atoms with E-state index >= 15 is 0 Å². The Morgan fingerprint density at radius 3 is 2.02 bits per heavy atom. The summed E-state index contributed by atoms with van der Waals surface area (Å²) in [5.74, 6) is 0. The van der Waals surface area contributed by atoms with Crippen molar-refractivity contribution in [1.29, 1.82) is 0 Å². The summed E-state index contributed by atoms with van der Waals surface area (Å²) >= 11 is 1.85. The van der Waals surface area contributed by atoms with Gasteiger partial charge in [-0.2, -0.15) is 0 Å². The van der Waals surface area contributed by atoms with E-state index in [4.69, 9.17) is 4.42 Å². The minimum atomic E-state index is 0.890. The molecule has 41 heavy (non-hydrogen) atoms. The third-order valence-corrected chi connectivity index (χ3v) is 9.37. The van der Waals surface area contributed by atoms with Crippen molar-refractivity contribution in [2.75, 3.05) is 4.90 Å². The van der Waals surface area contributed by atoms with E-state index in [0.29, 0.717) is 0 Å². The van der Waals surface area contributed by atoms with E-state index in [2.05, 4.69) is 132 Å². The van der Waals surface area contributed by atoms with E-state index in [1.807, 2.05) is 23.5 Å². The first kappa shape index (κ1) is 22.7. The average Bonchev–Trinajstić information content (AvgIpc) is 3.60. The van der Waals surface area contributed by atoms with Crippen molar-refractivity contribution >= 4 is 92.1 Å². The van der Waals surface area contributed by atoms with Gasteiger partial charge in [0.25, 0.3) is 0 Å². The zero-order chi connectivity index (χ0) is 26.9. The molecule has 0 spiro atoms. The van der Waals surface area contributed by atoms with Crippen molar-refractivity contribution < 1.29 is 4.42 Å². The molecule has 0 unspecified atom stereocenters. The molecule has 0 aliphatic carbocycles. The fourth-order valence-electron chi connectivity index (χ4n) is 6.42. The fourth-order valence-corrected chi connectivity index (χ4v) is 7.55. The number of thiophene rings is 1. The Kier molecular flexibility index (Phi) is 4.80. The number of hydrogen-bond acceptors (Lipinski definition) is 3. The van der Waals surface area contributed by atoms with Crippen LogP contribution >= 0.6 is 11.3 Å². The number of furan rings is 1. The minimum absolute atomic E-state index is 0.890. The van der Waals surface area contributed by atoms with E-state index in [9.17, 15) is 0 Å². The molecule has 0 amide bonds. The maximum atomic E-state index is 6.39. The van der Waals surface area contributed by atoms with Gasteiger partial charge < -0.3 is 9.32 Å². The first-order valence-corrected chi connectivity index (χ1v) is 14.7. The molecule has 192 valence electrons. The molecule has 0 aliphatic heterocycles. The van der Waals surface area contributed by atoms with Gasteiger partial charge in [-0.25, -0.2) is 0 Å². The van der Waals surface area contributed by atoms with Crippen LogP contribution in [0.2, 0.25) is 0 Å². The third kappa shape index (κ3) is 3.36. The predicted octanol–water partition coefficient (Wildman–Crippen LogP) is 11.7. The Bertz CT molecular complexity index is 2450. The van der Waals surface area contributed by atoms with Crippen LogP contribution in [-0.2, 0) is 0 Å². The lowest BCUT2D eigenvalue weighted by molar-refractivity contribution is 0.669. The van der Waals surface area contributed by atoms with Crippen molar-refractivity contribution in [2.45, 2.75) is 0 Å². The number of hydrogen-bond donors (Lipinski definition) is 0. The van der Waals surface area contributed by atoms with Crippen LogP contribution < -0.4 is 4.90 Å². The SMILES string of the molecule is c1ccc2c(c1)cc(N(c1ccc3c(c1)oc1ccccc13)c1cccc3sc4ccccc4c13)c1ccccc12. The van der Waals surface area contributed by atoms with Crippen LogP contribution in [0.25, 0.3) is 63.7 Å². The van der Waals surface area contributed by atoms with Gasteiger partial charge in [0.15, 0.2) is 0 Å². The van der Waals surface area contributed by atoms with Gasteiger partial charge in [-0.15, -0.1) is 11.3 Å². The van der Waals surface area contributed by atoms with Crippen LogP contribution in [0.5, 0.6) is 0 Å². The van der Waals surface area contributed by atoms with Crippen LogP contribution in [0.4, 0.5) is 17.1 Å². The van der Waals surface area contributed by atoms with Crippen molar-refractivity contribution in [3.63, 3.8) is 0 Å². The van der Waals surface area contributed by atoms with Crippen molar-refractivity contribution in [3.05, 3.63) is 140 Å². The summed E-state index contributed by atoms with van der Waals surface area (Å²) < 4.78 is 8.97. The second-order valence-corrected chi connectivity index (χ2v) is 11.6. The zero-order valence-electron chi connectivity index (χ0n) is 22.0. The molecule has 0 fully saturated rings. The molecule has 3 heteroatoms. The van der Waals surface area contributed by atoms with Gasteiger partial charge in [-0.1, -0.05) is 91.0 Å². The summed E-state index contributed by atoms with van der Waals surface area (Å²) in [6, 6.07) is 50.1. The molecule has 2 nitrogen and oxygen atoms in total. The highest BCUT2D eigenvalue weighted by atomic mass is 32.1. The Hall–Kier alpha value is -5.12. The monoisotopic (exact) mass is 541 g/mol. The van der Waals surface area contributed by atoms with Gasteiger partial charge in [-0.05, 0) is 58.6 Å². The average molecular weight is 542 g/mol. The second kappa shape index (κ2) is 8.69. The molecule has 0 radical (unpaired) electrons. The first-order chi connectivity index (χ1) is 20.3. The standard InChI is InChI=1S/C38H23NOS/c1-2-11-26-24(10-1)22-33(28-13-4-3-12-27(26)28)39(25-20-21-30-29-14-5-7-17-34(29)40-35(30)23-25)32-16-9-19-37-38(32)31-15-6-8-18-36(31)41-37/h1-23H. The van der Waals surface area contributed by atoms with Crippen molar-refractivity contribution in [2.24, 2.45) is 0 Å². The molecule has 0 aliphatic rings. The number of para-hydroxylation sites is 1. The highest BCUT2D eigenvalue weighted by molar-refractivity contribution is 7.26. The summed E-state index contributed by atoms with van der Waals surface area (Å²) in [5.41, 5.74) is 5.18. The molecule has 0 saturated carbocycles. The smallest absolute Gasteiger partial charge is 0.137 e. The van der Waals surface area contributed by atoms with Crippen molar-refractivity contribution in [3.8, 4) is 0 Å². The predicted molar refractivity (Wildman–Crippen MR) is 176 cm³/mol. The van der Waals surface area contributed by atoms with Crippen LogP contribution in [-0.4, -0.2) is 0 Å². The van der Waals surface area contributed by atoms with Crippen LogP contribution in [0.3, 0.4) is 0 Å². The number of nitrogens with zero attached hydrogens (tertiary/aromatic N) is 1. The third-order valence-electron chi connectivity index (χ3n) is 8.23. The Labute approximate surface area is 240 Å². The summed E-state index contributed by atoms with van der Waals surface area (Å²) in [6.45, 7) is 0. The van der Waals surface area contributed by atoms with E-state index in [-0.39, 0.29) is 0 Å². The maximum Gasteiger partial charge on any atom is 0.137 e. The number of benzene rings is 7. The Morgan fingerprint density at radius 2 is 1.12 bits per heavy atom. The molecule has 0 N–H and O–H groups in total. The van der Waals surface area contributed by atoms with Gasteiger partial charge in [-0.3, -0.25) is 0 Å². The minimum Gasteiger partial charge on any atom is -0.456 e. The van der Waals surface area contributed by atoms with E-state index < -0.39 is 0 Å². The van der Waals surface area contributed by atoms with Crippen molar-refractivity contribution in [1.82, 2.24) is 0 Å². The molecule has 0 saturated heterocycles. The molecule has 2 aromatic heterocycles. The first-order valence-electron chi connectivity index (χ1n) is 13.9. The number of anilines is 3. The summed E-state index contributed by atoms with van der Waals surface area (Å²) in [4.78, 5) is 2.43. The summed E-state index contributed by atoms with van der Waals surface area (Å²) in [7, 11) is 0. The second-order valence-electron chi connectivity index (χ2n) is 10.5. The van der Waals surface area contributed by atoms with Gasteiger partial charge in [0, 0.05) is 48.1 Å². The maximum absolute atomic E-state index is 6.39. The highest BCUT2D eigenvalue weighted by Gasteiger charge is 2.22. The normalized spacial score (nSPS) is 11.9. The quantitative estimate of drug-likeness (QED) is 0.207. The highest BCUT2D eigenvalue weighted by Crippen LogP contribution is 2.48. The molecule has 9 rings (SSSR count). The van der Waals surface area contributed by atoms with Gasteiger partial charge >= 0.3 is 0 Å². The molecule has 7 aromatic carbocycles. The summed E-state index contributed by atoms with van der Waals surface area (Å²) in [6.07, 6.45) is 0. The lowest BCUT2D eigenvalue weighted by Gasteiger charge is -2.28. The number of fused-ring (bicyclic) bond motifs is 9. The molecular weight excluding hydrogens is 518 g/mol. The number of rotatable bonds is 3. The molecule has 2 heterocycles. The van der Waals surface area contributed by atoms with E-state index in [0.717, 1.165) is 39.0 Å². The van der Waals surface area contributed by atoms with E-state index in [1.54, 1.807) is 0 Å². The molecular formula is C38H23NOS.